The number of nitrogens with zero attached hydrogens (tertiary/aromatic N) is 1. The van der Waals surface area contributed by atoms with E-state index in [1.807, 2.05) is 11.3 Å². The molecule has 2 N–H and O–H groups in total. The van der Waals surface area contributed by atoms with Crippen LogP contribution in [0, 0.1) is 11.8 Å². The molecular weight excluding hydrogens is 292 g/mol. The number of hydrogen-bond donors (Lipinski definition) is 1. The van der Waals surface area contributed by atoms with E-state index in [4.69, 9.17) is 5.73 Å². The molecule has 0 saturated heterocycles. The van der Waals surface area contributed by atoms with Gasteiger partial charge in [0.15, 0.2) is 0 Å². The standard InChI is InChI=1S/C15H22N2OS.ClH/c1-10-12-6-8-19-14(12)5-7-17(10)15(18)13-4-2-3-11(13)9-16;/h6,8,10-11,13H,2-5,7,9,16H2,1H3;1H/t10?,11-,13-;/m1./s1. The molecule has 0 spiro atoms. The largest absolute Gasteiger partial charge is 0.335 e. The first-order valence-corrected chi connectivity index (χ1v) is 8.17. The van der Waals surface area contributed by atoms with Crippen LogP contribution in [0.3, 0.4) is 0 Å². The number of amides is 1. The molecule has 112 valence electrons. The summed E-state index contributed by atoms with van der Waals surface area (Å²) in [6.45, 7) is 3.69. The number of halogens is 1. The number of rotatable bonds is 2. The zero-order valence-electron chi connectivity index (χ0n) is 11.9. The Morgan fingerprint density at radius 1 is 1.50 bits per heavy atom. The summed E-state index contributed by atoms with van der Waals surface area (Å²) >= 11 is 1.82. The minimum absolute atomic E-state index is 0. The summed E-state index contributed by atoms with van der Waals surface area (Å²) in [7, 11) is 0. The molecular formula is C15H23ClN2OS. The van der Waals surface area contributed by atoms with E-state index in [0.29, 0.717) is 18.4 Å². The maximum Gasteiger partial charge on any atom is 0.226 e. The number of nitrogens with two attached hydrogens (primary N) is 1. The Balaban J connectivity index is 0.00000147. The molecule has 0 aromatic carbocycles. The van der Waals surface area contributed by atoms with Crippen LogP contribution < -0.4 is 5.73 Å². The van der Waals surface area contributed by atoms with Crippen molar-refractivity contribution in [2.45, 2.75) is 38.6 Å². The third kappa shape index (κ3) is 2.61. The van der Waals surface area contributed by atoms with Crippen molar-refractivity contribution in [3.05, 3.63) is 21.9 Å². The molecule has 0 bridgehead atoms. The first-order chi connectivity index (χ1) is 9.22. The molecule has 3 nitrogen and oxygen atoms in total. The van der Waals surface area contributed by atoms with E-state index in [1.165, 1.54) is 10.4 Å². The normalized spacial score (nSPS) is 28.9. The summed E-state index contributed by atoms with van der Waals surface area (Å²) < 4.78 is 0. The van der Waals surface area contributed by atoms with Crippen molar-refractivity contribution in [3.63, 3.8) is 0 Å². The van der Waals surface area contributed by atoms with Gasteiger partial charge in [0.05, 0.1) is 6.04 Å². The van der Waals surface area contributed by atoms with Gasteiger partial charge in [0.2, 0.25) is 5.91 Å². The number of thiophene rings is 1. The molecule has 1 fully saturated rings. The van der Waals surface area contributed by atoms with E-state index in [1.54, 1.807) is 0 Å². The number of carbonyl (C=O) groups excluding carboxylic acids is 1. The minimum atomic E-state index is 0. The monoisotopic (exact) mass is 314 g/mol. The minimum Gasteiger partial charge on any atom is -0.335 e. The van der Waals surface area contributed by atoms with Crippen LogP contribution in [0.4, 0.5) is 0 Å². The van der Waals surface area contributed by atoms with Gasteiger partial charge >= 0.3 is 0 Å². The lowest BCUT2D eigenvalue weighted by Gasteiger charge is -2.36. The molecule has 1 aromatic rings. The molecule has 20 heavy (non-hydrogen) atoms. The van der Waals surface area contributed by atoms with Crippen LogP contribution in [-0.4, -0.2) is 23.9 Å². The van der Waals surface area contributed by atoms with Crippen molar-refractivity contribution < 1.29 is 4.79 Å². The molecule has 3 rings (SSSR count). The lowest BCUT2D eigenvalue weighted by atomic mass is 9.92. The van der Waals surface area contributed by atoms with E-state index in [2.05, 4.69) is 23.3 Å². The lowest BCUT2D eigenvalue weighted by molar-refractivity contribution is -0.139. The van der Waals surface area contributed by atoms with E-state index < -0.39 is 0 Å². The first kappa shape index (κ1) is 15.8. The van der Waals surface area contributed by atoms with Crippen molar-refractivity contribution in [2.75, 3.05) is 13.1 Å². The average Bonchev–Trinajstić information content (AvgIpc) is 3.07. The molecule has 1 unspecified atom stereocenters. The Morgan fingerprint density at radius 2 is 2.30 bits per heavy atom. The molecule has 5 heteroatoms. The quantitative estimate of drug-likeness (QED) is 0.912. The van der Waals surface area contributed by atoms with E-state index >= 15 is 0 Å². The van der Waals surface area contributed by atoms with E-state index in [-0.39, 0.29) is 24.4 Å². The summed E-state index contributed by atoms with van der Waals surface area (Å²) in [5.74, 6) is 0.925. The molecule has 0 radical (unpaired) electrons. The highest BCUT2D eigenvalue weighted by molar-refractivity contribution is 7.10. The maximum atomic E-state index is 12.8. The fourth-order valence-corrected chi connectivity index (χ4v) is 4.63. The third-order valence-electron chi connectivity index (χ3n) is 4.84. The molecule has 3 atom stereocenters. The second kappa shape index (κ2) is 6.46. The summed E-state index contributed by atoms with van der Waals surface area (Å²) in [6.07, 6.45) is 4.33. The van der Waals surface area contributed by atoms with Crippen molar-refractivity contribution in [1.82, 2.24) is 4.90 Å². The van der Waals surface area contributed by atoms with Crippen LogP contribution in [0.25, 0.3) is 0 Å². The average molecular weight is 315 g/mol. The molecule has 1 amide bonds. The molecule has 1 saturated carbocycles. The van der Waals surface area contributed by atoms with Crippen LogP contribution in [0.5, 0.6) is 0 Å². The van der Waals surface area contributed by atoms with E-state index in [9.17, 15) is 4.79 Å². The van der Waals surface area contributed by atoms with Crippen LogP contribution >= 0.6 is 23.7 Å². The molecule has 1 aromatic heterocycles. The smallest absolute Gasteiger partial charge is 0.226 e. The van der Waals surface area contributed by atoms with Gasteiger partial charge in [-0.25, -0.2) is 0 Å². The summed E-state index contributed by atoms with van der Waals surface area (Å²) in [5, 5.41) is 2.15. The van der Waals surface area contributed by atoms with Crippen LogP contribution in [0.1, 0.15) is 42.7 Å². The van der Waals surface area contributed by atoms with Gasteiger partial charge in [-0.3, -0.25) is 4.79 Å². The lowest BCUT2D eigenvalue weighted by Crippen LogP contribution is -2.43. The molecule has 1 aliphatic heterocycles. The highest BCUT2D eigenvalue weighted by Gasteiger charge is 2.37. The fraction of sp³-hybridized carbons (Fsp3) is 0.667. The third-order valence-corrected chi connectivity index (χ3v) is 5.84. The summed E-state index contributed by atoms with van der Waals surface area (Å²) in [4.78, 5) is 16.3. The zero-order valence-corrected chi connectivity index (χ0v) is 13.5. The van der Waals surface area contributed by atoms with Gasteiger partial charge in [0, 0.05) is 17.3 Å². The molecule has 2 aliphatic rings. The predicted octanol–water partition coefficient (Wildman–Crippen LogP) is 2.99. The highest BCUT2D eigenvalue weighted by Crippen LogP contribution is 2.38. The predicted molar refractivity (Wildman–Crippen MR) is 85.3 cm³/mol. The van der Waals surface area contributed by atoms with Crippen molar-refractivity contribution in [3.8, 4) is 0 Å². The van der Waals surface area contributed by atoms with E-state index in [0.717, 1.165) is 32.2 Å². The van der Waals surface area contributed by atoms with Crippen molar-refractivity contribution in [1.29, 1.82) is 0 Å². The second-order valence-electron chi connectivity index (χ2n) is 5.79. The van der Waals surface area contributed by atoms with Crippen molar-refractivity contribution >= 4 is 29.7 Å². The van der Waals surface area contributed by atoms with Crippen LogP contribution in [-0.2, 0) is 11.2 Å². The van der Waals surface area contributed by atoms with Gasteiger partial charge < -0.3 is 10.6 Å². The van der Waals surface area contributed by atoms with Gasteiger partial charge in [-0.15, -0.1) is 23.7 Å². The van der Waals surface area contributed by atoms with Crippen molar-refractivity contribution in [2.24, 2.45) is 17.6 Å². The first-order valence-electron chi connectivity index (χ1n) is 7.29. The van der Waals surface area contributed by atoms with Gasteiger partial charge in [0.1, 0.15) is 0 Å². The topological polar surface area (TPSA) is 46.3 Å². The molecule has 2 heterocycles. The van der Waals surface area contributed by atoms with Gasteiger partial charge in [-0.1, -0.05) is 6.42 Å². The SMILES string of the molecule is CC1c2ccsc2CCN1C(=O)[C@@H]1CCC[C@@H]1CN.Cl. The Bertz CT molecular complexity index is 476. The van der Waals surface area contributed by atoms with Crippen LogP contribution in [0.15, 0.2) is 11.4 Å². The number of hydrogen-bond acceptors (Lipinski definition) is 3. The number of fused-ring (bicyclic) bond motifs is 1. The summed E-state index contributed by atoms with van der Waals surface area (Å²) in [6, 6.07) is 2.42. The van der Waals surface area contributed by atoms with Gasteiger partial charge in [-0.05, 0) is 55.7 Å². The molecule has 1 aliphatic carbocycles. The summed E-state index contributed by atoms with van der Waals surface area (Å²) in [5.41, 5.74) is 7.17. The Labute approximate surface area is 130 Å². The Morgan fingerprint density at radius 3 is 3.05 bits per heavy atom. The Kier molecular flexibility index (Phi) is 5.10. The maximum absolute atomic E-state index is 12.8. The Hall–Kier alpha value is -0.580. The fourth-order valence-electron chi connectivity index (χ4n) is 3.67. The van der Waals surface area contributed by atoms with Gasteiger partial charge in [-0.2, -0.15) is 0 Å². The zero-order chi connectivity index (χ0) is 13.4. The number of carbonyl (C=O) groups is 1. The highest BCUT2D eigenvalue weighted by atomic mass is 35.5. The second-order valence-corrected chi connectivity index (χ2v) is 6.79. The van der Waals surface area contributed by atoms with Gasteiger partial charge in [0.25, 0.3) is 0 Å². The van der Waals surface area contributed by atoms with Crippen LogP contribution in [0.2, 0.25) is 0 Å².